The van der Waals surface area contributed by atoms with Gasteiger partial charge in [-0.15, -0.1) is 0 Å². The molecule has 1 aliphatic carbocycles. The molecule has 78 valence electrons. The van der Waals surface area contributed by atoms with Crippen molar-refractivity contribution in [1.29, 1.82) is 0 Å². The van der Waals surface area contributed by atoms with Crippen molar-refractivity contribution in [3.05, 3.63) is 0 Å². The van der Waals surface area contributed by atoms with Crippen LogP contribution in [0.4, 0.5) is 0 Å². The van der Waals surface area contributed by atoms with Crippen molar-refractivity contribution < 1.29 is 0 Å². The Balaban J connectivity index is 2.03. The van der Waals surface area contributed by atoms with E-state index in [4.69, 9.17) is 0 Å². The molecule has 0 saturated heterocycles. The van der Waals surface area contributed by atoms with Crippen molar-refractivity contribution in [3.63, 3.8) is 0 Å². The van der Waals surface area contributed by atoms with Gasteiger partial charge < -0.3 is 5.32 Å². The van der Waals surface area contributed by atoms with Crippen LogP contribution in [-0.2, 0) is 0 Å². The van der Waals surface area contributed by atoms with E-state index in [0.717, 1.165) is 17.9 Å². The second kappa shape index (κ2) is 5.64. The first-order valence-electron chi connectivity index (χ1n) is 5.89. The summed E-state index contributed by atoms with van der Waals surface area (Å²) < 4.78 is 0. The SMILES string of the molecule is CN[C@@H]1CC[C@@H](CCCC(C)C)C1. The van der Waals surface area contributed by atoms with Gasteiger partial charge in [0.1, 0.15) is 0 Å². The van der Waals surface area contributed by atoms with E-state index in [9.17, 15) is 0 Å². The molecule has 0 aliphatic heterocycles. The summed E-state index contributed by atoms with van der Waals surface area (Å²) in [6, 6.07) is 0.823. The maximum Gasteiger partial charge on any atom is 0.00668 e. The van der Waals surface area contributed by atoms with Crippen LogP contribution in [0.15, 0.2) is 0 Å². The Hall–Kier alpha value is -0.0400. The molecule has 0 amide bonds. The largest absolute Gasteiger partial charge is 0.317 e. The van der Waals surface area contributed by atoms with E-state index in [1.165, 1.54) is 38.5 Å². The standard InChI is InChI=1S/C12H25N/c1-10(2)5-4-6-11-7-8-12(9-11)13-3/h10-13H,4-9H2,1-3H3/t11-,12-/m1/s1. The summed E-state index contributed by atoms with van der Waals surface area (Å²) in [6.07, 6.45) is 8.62. The molecule has 0 aromatic rings. The summed E-state index contributed by atoms with van der Waals surface area (Å²) in [4.78, 5) is 0. The van der Waals surface area contributed by atoms with Gasteiger partial charge in [-0.1, -0.05) is 33.1 Å². The van der Waals surface area contributed by atoms with Gasteiger partial charge in [0.15, 0.2) is 0 Å². The molecule has 1 fully saturated rings. The van der Waals surface area contributed by atoms with Gasteiger partial charge in [0.2, 0.25) is 0 Å². The van der Waals surface area contributed by atoms with Crippen molar-refractivity contribution in [1.82, 2.24) is 5.32 Å². The molecule has 0 aromatic carbocycles. The molecule has 0 bridgehead atoms. The highest BCUT2D eigenvalue weighted by Crippen LogP contribution is 2.29. The first kappa shape index (κ1) is 11.0. The van der Waals surface area contributed by atoms with Gasteiger partial charge in [-0.25, -0.2) is 0 Å². The first-order valence-corrected chi connectivity index (χ1v) is 5.89. The molecule has 13 heavy (non-hydrogen) atoms. The molecule has 1 saturated carbocycles. The molecule has 1 N–H and O–H groups in total. The summed E-state index contributed by atoms with van der Waals surface area (Å²) in [5.41, 5.74) is 0. The Morgan fingerprint density at radius 3 is 2.62 bits per heavy atom. The van der Waals surface area contributed by atoms with E-state index in [1.54, 1.807) is 0 Å². The zero-order valence-electron chi connectivity index (χ0n) is 9.47. The van der Waals surface area contributed by atoms with Crippen LogP contribution in [0.5, 0.6) is 0 Å². The Morgan fingerprint density at radius 2 is 2.08 bits per heavy atom. The van der Waals surface area contributed by atoms with Crippen LogP contribution < -0.4 is 5.32 Å². The Morgan fingerprint density at radius 1 is 1.31 bits per heavy atom. The quantitative estimate of drug-likeness (QED) is 0.690. The summed E-state index contributed by atoms with van der Waals surface area (Å²) in [6.45, 7) is 4.65. The summed E-state index contributed by atoms with van der Waals surface area (Å²) in [7, 11) is 2.10. The first-order chi connectivity index (χ1) is 6.22. The second-order valence-corrected chi connectivity index (χ2v) is 4.99. The molecule has 0 spiro atoms. The van der Waals surface area contributed by atoms with Crippen molar-refractivity contribution in [3.8, 4) is 0 Å². The third-order valence-electron chi connectivity index (χ3n) is 3.34. The highest BCUT2D eigenvalue weighted by atomic mass is 14.9. The van der Waals surface area contributed by atoms with Gasteiger partial charge in [-0.2, -0.15) is 0 Å². The number of hydrogen-bond acceptors (Lipinski definition) is 1. The Bertz CT molecular complexity index is 131. The zero-order valence-corrected chi connectivity index (χ0v) is 9.47. The second-order valence-electron chi connectivity index (χ2n) is 4.99. The topological polar surface area (TPSA) is 12.0 Å². The van der Waals surface area contributed by atoms with Crippen molar-refractivity contribution in [2.45, 2.75) is 58.4 Å². The van der Waals surface area contributed by atoms with E-state index in [0.29, 0.717) is 0 Å². The van der Waals surface area contributed by atoms with Crippen molar-refractivity contribution in [2.75, 3.05) is 7.05 Å². The van der Waals surface area contributed by atoms with E-state index in [-0.39, 0.29) is 0 Å². The molecule has 0 heterocycles. The monoisotopic (exact) mass is 183 g/mol. The minimum Gasteiger partial charge on any atom is -0.317 e. The molecule has 1 aliphatic rings. The third kappa shape index (κ3) is 4.12. The van der Waals surface area contributed by atoms with Crippen LogP contribution in [-0.4, -0.2) is 13.1 Å². The molecule has 0 unspecified atom stereocenters. The molecule has 1 rings (SSSR count). The van der Waals surface area contributed by atoms with Gasteiger partial charge in [-0.05, 0) is 38.1 Å². The molecular formula is C12H25N. The molecular weight excluding hydrogens is 158 g/mol. The van der Waals surface area contributed by atoms with E-state index < -0.39 is 0 Å². The molecule has 1 heteroatoms. The van der Waals surface area contributed by atoms with Crippen LogP contribution in [0.25, 0.3) is 0 Å². The highest BCUT2D eigenvalue weighted by molar-refractivity contribution is 4.79. The maximum absolute atomic E-state index is 3.39. The van der Waals surface area contributed by atoms with E-state index in [2.05, 4.69) is 26.2 Å². The van der Waals surface area contributed by atoms with Crippen LogP contribution in [0, 0.1) is 11.8 Å². The van der Waals surface area contributed by atoms with Crippen LogP contribution >= 0.6 is 0 Å². The van der Waals surface area contributed by atoms with Crippen molar-refractivity contribution in [2.24, 2.45) is 11.8 Å². The molecule has 0 radical (unpaired) electrons. The minimum absolute atomic E-state index is 0.823. The third-order valence-corrected chi connectivity index (χ3v) is 3.34. The normalized spacial score (nSPS) is 28.6. The lowest BCUT2D eigenvalue weighted by atomic mass is 9.97. The van der Waals surface area contributed by atoms with Gasteiger partial charge >= 0.3 is 0 Å². The van der Waals surface area contributed by atoms with Crippen LogP contribution in [0.2, 0.25) is 0 Å². The number of hydrogen-bond donors (Lipinski definition) is 1. The Labute approximate surface area is 83.3 Å². The summed E-state index contributed by atoms with van der Waals surface area (Å²) in [5.74, 6) is 1.91. The predicted octanol–water partition coefficient (Wildman–Crippen LogP) is 3.20. The molecule has 1 nitrogen and oxygen atoms in total. The van der Waals surface area contributed by atoms with Gasteiger partial charge in [-0.3, -0.25) is 0 Å². The highest BCUT2D eigenvalue weighted by Gasteiger charge is 2.22. The zero-order chi connectivity index (χ0) is 9.68. The van der Waals surface area contributed by atoms with Crippen molar-refractivity contribution >= 4 is 0 Å². The van der Waals surface area contributed by atoms with E-state index in [1.807, 2.05) is 0 Å². The van der Waals surface area contributed by atoms with Gasteiger partial charge in [0, 0.05) is 6.04 Å². The van der Waals surface area contributed by atoms with E-state index >= 15 is 0 Å². The minimum atomic E-state index is 0.823. The average molecular weight is 183 g/mol. The lowest BCUT2D eigenvalue weighted by Gasteiger charge is -2.11. The smallest absolute Gasteiger partial charge is 0.00668 e. The van der Waals surface area contributed by atoms with Gasteiger partial charge in [0.25, 0.3) is 0 Å². The fourth-order valence-corrected chi connectivity index (χ4v) is 2.41. The van der Waals surface area contributed by atoms with Crippen LogP contribution in [0.3, 0.4) is 0 Å². The number of rotatable bonds is 5. The van der Waals surface area contributed by atoms with Crippen LogP contribution in [0.1, 0.15) is 52.4 Å². The summed E-state index contributed by atoms with van der Waals surface area (Å²) >= 11 is 0. The van der Waals surface area contributed by atoms with Gasteiger partial charge in [0.05, 0.1) is 0 Å². The average Bonchev–Trinajstić information content (AvgIpc) is 2.52. The molecule has 0 aromatic heterocycles. The number of nitrogens with one attached hydrogen (secondary N) is 1. The Kier molecular flexibility index (Phi) is 4.79. The summed E-state index contributed by atoms with van der Waals surface area (Å²) in [5, 5.41) is 3.39. The lowest BCUT2D eigenvalue weighted by Crippen LogP contribution is -2.21. The predicted molar refractivity (Wildman–Crippen MR) is 58.9 cm³/mol. The fraction of sp³-hybridized carbons (Fsp3) is 1.00. The lowest BCUT2D eigenvalue weighted by molar-refractivity contribution is 0.430. The fourth-order valence-electron chi connectivity index (χ4n) is 2.41. The maximum atomic E-state index is 3.39. The molecule has 2 atom stereocenters.